The number of amidine groups is 1. The van der Waals surface area contributed by atoms with Gasteiger partial charge in [-0.15, -0.1) is 0 Å². The van der Waals surface area contributed by atoms with E-state index in [2.05, 4.69) is 9.30 Å². The number of allylic oxidation sites excluding steroid dienone is 2. The highest BCUT2D eigenvalue weighted by atomic mass is 32.2. The fraction of sp³-hybridized carbons (Fsp3) is 0.150. The second-order valence-electron chi connectivity index (χ2n) is 6.01. The van der Waals surface area contributed by atoms with Crippen molar-refractivity contribution in [2.24, 2.45) is 4.40 Å². The van der Waals surface area contributed by atoms with Crippen molar-refractivity contribution < 1.29 is 17.9 Å². The lowest BCUT2D eigenvalue weighted by Gasteiger charge is -2.29. The minimum atomic E-state index is -4.35. The van der Waals surface area contributed by atoms with Gasteiger partial charge in [-0.05, 0) is 66.1 Å². The summed E-state index contributed by atoms with van der Waals surface area (Å²) in [6, 6.07) is 12.1. The first-order valence-corrected chi connectivity index (χ1v) is 9.26. The van der Waals surface area contributed by atoms with Crippen molar-refractivity contribution in [3.8, 4) is 11.5 Å². The predicted octanol–water partition coefficient (Wildman–Crippen LogP) is 5.77. The quantitative estimate of drug-likeness (QED) is 0.624. The Balaban J connectivity index is 1.50. The summed E-state index contributed by atoms with van der Waals surface area (Å²) < 4.78 is 48.1. The Bertz CT molecular complexity index is 916. The van der Waals surface area contributed by atoms with Gasteiger partial charge in [-0.2, -0.15) is 17.6 Å². The van der Waals surface area contributed by atoms with E-state index in [-0.39, 0.29) is 0 Å². The number of nitrogens with zero attached hydrogens (tertiary/aromatic N) is 2. The molecule has 0 saturated carbocycles. The van der Waals surface area contributed by atoms with Crippen LogP contribution in [0.1, 0.15) is 11.1 Å². The van der Waals surface area contributed by atoms with Gasteiger partial charge in [0.2, 0.25) is 0 Å². The average Bonchev–Trinajstić information content (AvgIpc) is 2.68. The van der Waals surface area contributed by atoms with Crippen molar-refractivity contribution in [2.45, 2.75) is 6.18 Å². The van der Waals surface area contributed by atoms with Crippen molar-refractivity contribution in [3.63, 3.8) is 0 Å². The first kappa shape index (κ1) is 17.7. The fourth-order valence-electron chi connectivity index (χ4n) is 2.85. The Morgan fingerprint density at radius 1 is 0.963 bits per heavy atom. The maximum Gasteiger partial charge on any atom is 0.416 e. The number of hydrogen-bond acceptors (Lipinski definition) is 4. The molecule has 2 aromatic carbocycles. The number of benzene rings is 2. The molecular weight excluding hydrogens is 373 g/mol. The molecule has 2 aromatic rings. The molecule has 0 atom stereocenters. The van der Waals surface area contributed by atoms with Gasteiger partial charge < -0.3 is 9.64 Å². The van der Waals surface area contributed by atoms with Crippen molar-refractivity contribution >= 4 is 23.4 Å². The molecule has 0 radical (unpaired) electrons. The third kappa shape index (κ3) is 3.88. The van der Waals surface area contributed by atoms with Crippen LogP contribution < -0.4 is 4.74 Å². The summed E-state index contributed by atoms with van der Waals surface area (Å²) in [5.41, 5.74) is 1.34. The van der Waals surface area contributed by atoms with Crippen LogP contribution in [0.15, 0.2) is 71.3 Å². The molecule has 138 valence electrons. The van der Waals surface area contributed by atoms with Gasteiger partial charge in [-0.25, -0.2) is 0 Å². The average molecular weight is 388 g/mol. The standard InChI is InChI=1S/C20H15F3N2OS/c21-20(22,23)15-5-9-17(10-6-15)26-16-7-3-14(4-8-16)18-2-1-11-25-12-13-27-24-19(18)25/h1-11H,12-13H2. The van der Waals surface area contributed by atoms with Crippen LogP contribution in [-0.4, -0.2) is 23.0 Å². The Morgan fingerprint density at radius 3 is 2.30 bits per heavy atom. The molecule has 0 unspecified atom stereocenters. The summed E-state index contributed by atoms with van der Waals surface area (Å²) in [6.45, 7) is 0.923. The molecule has 0 N–H and O–H groups in total. The highest BCUT2D eigenvalue weighted by molar-refractivity contribution is 7.98. The molecule has 0 fully saturated rings. The molecule has 27 heavy (non-hydrogen) atoms. The van der Waals surface area contributed by atoms with Crippen LogP contribution in [0.3, 0.4) is 0 Å². The van der Waals surface area contributed by atoms with E-state index in [4.69, 9.17) is 4.74 Å². The highest BCUT2D eigenvalue weighted by Crippen LogP contribution is 2.32. The monoisotopic (exact) mass is 388 g/mol. The fourth-order valence-corrected chi connectivity index (χ4v) is 3.54. The molecule has 2 aliphatic rings. The van der Waals surface area contributed by atoms with Gasteiger partial charge in [0.25, 0.3) is 0 Å². The summed E-state index contributed by atoms with van der Waals surface area (Å²) in [5, 5.41) is 0. The Morgan fingerprint density at radius 2 is 1.63 bits per heavy atom. The minimum absolute atomic E-state index is 0.356. The molecule has 4 rings (SSSR count). The van der Waals surface area contributed by atoms with E-state index in [9.17, 15) is 13.2 Å². The normalized spacial score (nSPS) is 16.5. The molecule has 0 aromatic heterocycles. The molecule has 0 spiro atoms. The van der Waals surface area contributed by atoms with E-state index in [0.717, 1.165) is 41.4 Å². The smallest absolute Gasteiger partial charge is 0.416 e. The predicted molar refractivity (Wildman–Crippen MR) is 102 cm³/mol. The number of hydrogen-bond donors (Lipinski definition) is 0. The molecule has 0 saturated heterocycles. The van der Waals surface area contributed by atoms with E-state index < -0.39 is 11.7 Å². The van der Waals surface area contributed by atoms with Gasteiger partial charge >= 0.3 is 6.18 Å². The number of alkyl halides is 3. The van der Waals surface area contributed by atoms with Crippen LogP contribution in [0.4, 0.5) is 13.2 Å². The number of fused-ring (bicyclic) bond motifs is 1. The topological polar surface area (TPSA) is 24.8 Å². The van der Waals surface area contributed by atoms with E-state index in [0.29, 0.717) is 11.5 Å². The van der Waals surface area contributed by atoms with Crippen LogP contribution in [0.2, 0.25) is 0 Å². The van der Waals surface area contributed by atoms with Crippen LogP contribution in [0.25, 0.3) is 5.57 Å². The molecular formula is C20H15F3N2OS. The maximum absolute atomic E-state index is 12.6. The molecule has 0 aliphatic carbocycles. The summed E-state index contributed by atoms with van der Waals surface area (Å²) in [5.74, 6) is 2.81. The van der Waals surface area contributed by atoms with E-state index in [1.807, 2.05) is 30.5 Å². The lowest BCUT2D eigenvalue weighted by molar-refractivity contribution is -0.137. The maximum atomic E-state index is 12.6. The first-order valence-electron chi connectivity index (χ1n) is 8.32. The SMILES string of the molecule is FC(F)(F)c1ccc(Oc2ccc(C3=CC=CN4CCSN=C34)cc2)cc1. The van der Waals surface area contributed by atoms with Crippen LogP contribution >= 0.6 is 11.9 Å². The Hall–Kier alpha value is -2.67. The van der Waals surface area contributed by atoms with Gasteiger partial charge in [0.1, 0.15) is 17.3 Å². The molecule has 2 aliphatic heterocycles. The summed E-state index contributed by atoms with van der Waals surface area (Å²) in [4.78, 5) is 2.12. The zero-order valence-corrected chi connectivity index (χ0v) is 14.9. The van der Waals surface area contributed by atoms with Crippen molar-refractivity contribution in [3.05, 3.63) is 78.0 Å². The number of ether oxygens (including phenoxy) is 1. The van der Waals surface area contributed by atoms with E-state index in [1.165, 1.54) is 12.1 Å². The molecule has 2 heterocycles. The minimum Gasteiger partial charge on any atom is -0.457 e. The first-order chi connectivity index (χ1) is 13.0. The van der Waals surface area contributed by atoms with Gasteiger partial charge in [-0.3, -0.25) is 0 Å². The molecule has 0 amide bonds. The highest BCUT2D eigenvalue weighted by Gasteiger charge is 2.30. The van der Waals surface area contributed by atoms with Crippen molar-refractivity contribution in [1.82, 2.24) is 4.90 Å². The van der Waals surface area contributed by atoms with Crippen LogP contribution in [-0.2, 0) is 6.18 Å². The number of rotatable bonds is 3. The van der Waals surface area contributed by atoms with Crippen molar-refractivity contribution in [1.29, 1.82) is 0 Å². The van der Waals surface area contributed by atoms with Gasteiger partial charge in [0.15, 0.2) is 0 Å². The zero-order valence-electron chi connectivity index (χ0n) is 14.1. The lowest BCUT2D eigenvalue weighted by atomic mass is 10.0. The summed E-state index contributed by atoms with van der Waals surface area (Å²) in [6.07, 6.45) is 1.68. The second kappa shape index (κ2) is 7.15. The zero-order chi connectivity index (χ0) is 18.9. The largest absolute Gasteiger partial charge is 0.457 e. The second-order valence-corrected chi connectivity index (χ2v) is 6.86. The lowest BCUT2D eigenvalue weighted by Crippen LogP contribution is -2.32. The van der Waals surface area contributed by atoms with Crippen molar-refractivity contribution in [2.75, 3.05) is 12.3 Å². The molecule has 7 heteroatoms. The number of halogens is 3. The Kier molecular flexibility index (Phi) is 4.70. The van der Waals surface area contributed by atoms with Gasteiger partial charge in [0.05, 0.1) is 5.56 Å². The van der Waals surface area contributed by atoms with Gasteiger partial charge in [-0.1, -0.05) is 12.1 Å². The summed E-state index contributed by atoms with van der Waals surface area (Å²) in [7, 11) is 0. The third-order valence-corrected chi connectivity index (χ3v) is 4.87. The van der Waals surface area contributed by atoms with E-state index in [1.54, 1.807) is 24.1 Å². The van der Waals surface area contributed by atoms with Crippen LogP contribution in [0.5, 0.6) is 11.5 Å². The molecule has 0 bridgehead atoms. The third-order valence-electron chi connectivity index (χ3n) is 4.20. The summed E-state index contributed by atoms with van der Waals surface area (Å²) >= 11 is 1.55. The van der Waals surface area contributed by atoms with Crippen LogP contribution in [0, 0.1) is 0 Å². The van der Waals surface area contributed by atoms with E-state index >= 15 is 0 Å². The Labute approximate surface area is 159 Å². The van der Waals surface area contributed by atoms with Gasteiger partial charge in [0, 0.05) is 24.1 Å². The molecule has 3 nitrogen and oxygen atoms in total.